The molecule has 0 spiro atoms. The van der Waals surface area contributed by atoms with Crippen LogP contribution in [0.25, 0.3) is 11.0 Å². The summed E-state index contributed by atoms with van der Waals surface area (Å²) in [5, 5.41) is 0.532. The van der Waals surface area contributed by atoms with Gasteiger partial charge in [0.05, 0.1) is 11.0 Å². The van der Waals surface area contributed by atoms with Crippen LogP contribution in [-0.4, -0.2) is 16.2 Å². The standard InChI is InChI=1S/C15H17BrClFN2O/c1-8(2)9-3-4-21-14(5-9)20-12-6-10(18)15(16)19-11(12)7-13(20)17/h6-9,14H,3-5H2,1-2H3. The average molecular weight is 376 g/mol. The second-order valence-electron chi connectivity index (χ2n) is 5.86. The lowest BCUT2D eigenvalue weighted by Gasteiger charge is -2.33. The zero-order valence-electron chi connectivity index (χ0n) is 11.9. The van der Waals surface area contributed by atoms with Gasteiger partial charge in [0, 0.05) is 18.7 Å². The van der Waals surface area contributed by atoms with Gasteiger partial charge >= 0.3 is 0 Å². The molecule has 0 radical (unpaired) electrons. The van der Waals surface area contributed by atoms with Gasteiger partial charge in [0.1, 0.15) is 16.0 Å². The van der Waals surface area contributed by atoms with Crippen molar-refractivity contribution in [3.8, 4) is 0 Å². The molecule has 3 heterocycles. The van der Waals surface area contributed by atoms with Crippen molar-refractivity contribution in [1.29, 1.82) is 0 Å². The number of ether oxygens (including phenoxy) is 1. The molecule has 0 N–H and O–H groups in total. The minimum atomic E-state index is -0.394. The van der Waals surface area contributed by atoms with E-state index in [2.05, 4.69) is 34.8 Å². The highest BCUT2D eigenvalue weighted by molar-refractivity contribution is 9.10. The minimum absolute atomic E-state index is 0.154. The molecule has 1 aliphatic rings. The molecule has 1 fully saturated rings. The van der Waals surface area contributed by atoms with Crippen molar-refractivity contribution >= 4 is 38.6 Å². The fourth-order valence-electron chi connectivity index (χ4n) is 2.95. The summed E-state index contributed by atoms with van der Waals surface area (Å²) in [5.41, 5.74) is 1.35. The van der Waals surface area contributed by atoms with Gasteiger partial charge < -0.3 is 9.30 Å². The van der Waals surface area contributed by atoms with E-state index in [0.29, 0.717) is 34.6 Å². The van der Waals surface area contributed by atoms with E-state index in [4.69, 9.17) is 16.3 Å². The zero-order chi connectivity index (χ0) is 15.1. The molecule has 2 aromatic heterocycles. The number of hydrogen-bond donors (Lipinski definition) is 0. The Hall–Kier alpha value is -0.650. The highest BCUT2D eigenvalue weighted by atomic mass is 79.9. The van der Waals surface area contributed by atoms with Crippen LogP contribution >= 0.6 is 27.5 Å². The maximum absolute atomic E-state index is 13.8. The molecule has 1 aliphatic heterocycles. The van der Waals surface area contributed by atoms with E-state index in [9.17, 15) is 4.39 Å². The van der Waals surface area contributed by atoms with Crippen LogP contribution in [0.15, 0.2) is 16.7 Å². The Morgan fingerprint density at radius 2 is 2.24 bits per heavy atom. The van der Waals surface area contributed by atoms with Gasteiger partial charge in [-0.2, -0.15) is 0 Å². The molecule has 2 unspecified atom stereocenters. The van der Waals surface area contributed by atoms with E-state index in [0.717, 1.165) is 12.8 Å². The normalized spacial score (nSPS) is 23.1. The predicted molar refractivity (Wildman–Crippen MR) is 85.0 cm³/mol. The van der Waals surface area contributed by atoms with E-state index in [1.165, 1.54) is 6.07 Å². The van der Waals surface area contributed by atoms with Crippen LogP contribution in [-0.2, 0) is 4.74 Å². The number of halogens is 3. The number of rotatable bonds is 2. The second kappa shape index (κ2) is 5.86. The van der Waals surface area contributed by atoms with Crippen LogP contribution in [0.5, 0.6) is 0 Å². The topological polar surface area (TPSA) is 27.1 Å². The fourth-order valence-corrected chi connectivity index (χ4v) is 3.55. The molecule has 2 atom stereocenters. The highest BCUT2D eigenvalue weighted by Gasteiger charge is 2.28. The summed E-state index contributed by atoms with van der Waals surface area (Å²) in [4.78, 5) is 4.19. The molecular formula is C15H17BrClFN2O. The summed E-state index contributed by atoms with van der Waals surface area (Å²) < 4.78 is 21.7. The molecule has 3 rings (SSSR count). The van der Waals surface area contributed by atoms with E-state index in [1.54, 1.807) is 6.07 Å². The number of nitrogens with zero attached hydrogens (tertiary/aromatic N) is 2. The summed E-state index contributed by atoms with van der Waals surface area (Å²) in [5.74, 6) is 0.793. The smallest absolute Gasteiger partial charge is 0.158 e. The third-order valence-electron chi connectivity index (χ3n) is 4.22. The monoisotopic (exact) mass is 374 g/mol. The Morgan fingerprint density at radius 3 is 2.95 bits per heavy atom. The predicted octanol–water partition coefficient (Wildman–Crippen LogP) is 5.17. The lowest BCUT2D eigenvalue weighted by atomic mass is 9.87. The van der Waals surface area contributed by atoms with E-state index < -0.39 is 5.82 Å². The van der Waals surface area contributed by atoms with Crippen molar-refractivity contribution in [3.05, 3.63) is 27.7 Å². The maximum Gasteiger partial charge on any atom is 0.158 e. The number of aromatic nitrogens is 2. The Bertz CT molecular complexity index is 673. The van der Waals surface area contributed by atoms with Gasteiger partial charge in [0.2, 0.25) is 0 Å². The molecule has 21 heavy (non-hydrogen) atoms. The van der Waals surface area contributed by atoms with Crippen molar-refractivity contribution in [2.45, 2.75) is 32.9 Å². The number of hydrogen-bond acceptors (Lipinski definition) is 2. The quantitative estimate of drug-likeness (QED) is 0.677. The summed E-state index contributed by atoms with van der Waals surface area (Å²) >= 11 is 9.44. The Balaban J connectivity index is 2.03. The van der Waals surface area contributed by atoms with Crippen LogP contribution < -0.4 is 0 Å². The number of fused-ring (bicyclic) bond motifs is 1. The van der Waals surface area contributed by atoms with Crippen molar-refractivity contribution in [2.24, 2.45) is 11.8 Å². The van der Waals surface area contributed by atoms with Crippen LogP contribution in [0.1, 0.15) is 32.9 Å². The van der Waals surface area contributed by atoms with Gasteiger partial charge in [-0.15, -0.1) is 0 Å². The van der Waals surface area contributed by atoms with Gasteiger partial charge in [0.15, 0.2) is 5.82 Å². The Labute approximate surface area is 136 Å². The SMILES string of the molecule is CC(C)C1CCOC(n2c(Cl)cc3nc(Br)c(F)cc32)C1. The first-order chi connectivity index (χ1) is 9.97. The first kappa shape index (κ1) is 15.3. The van der Waals surface area contributed by atoms with Crippen LogP contribution in [0.3, 0.4) is 0 Å². The van der Waals surface area contributed by atoms with Crippen LogP contribution in [0.2, 0.25) is 5.15 Å². The molecule has 2 aromatic rings. The van der Waals surface area contributed by atoms with E-state index in [-0.39, 0.29) is 10.8 Å². The van der Waals surface area contributed by atoms with E-state index >= 15 is 0 Å². The van der Waals surface area contributed by atoms with E-state index in [1.807, 2.05) is 4.57 Å². The Morgan fingerprint density at radius 1 is 1.48 bits per heavy atom. The molecule has 1 saturated heterocycles. The molecule has 0 aromatic carbocycles. The lowest BCUT2D eigenvalue weighted by Crippen LogP contribution is -2.26. The van der Waals surface area contributed by atoms with Crippen LogP contribution in [0, 0.1) is 17.7 Å². The van der Waals surface area contributed by atoms with Crippen LogP contribution in [0.4, 0.5) is 4.39 Å². The first-order valence-electron chi connectivity index (χ1n) is 7.11. The second-order valence-corrected chi connectivity index (χ2v) is 6.99. The summed E-state index contributed by atoms with van der Waals surface area (Å²) in [6.45, 7) is 5.15. The number of pyridine rings is 1. The molecule has 0 bridgehead atoms. The van der Waals surface area contributed by atoms with Crippen molar-refractivity contribution in [2.75, 3.05) is 6.61 Å². The lowest BCUT2D eigenvalue weighted by molar-refractivity contribution is -0.0594. The fraction of sp³-hybridized carbons (Fsp3) is 0.533. The first-order valence-corrected chi connectivity index (χ1v) is 8.28. The van der Waals surface area contributed by atoms with Crippen molar-refractivity contribution in [3.63, 3.8) is 0 Å². The van der Waals surface area contributed by atoms with Gasteiger partial charge in [0.25, 0.3) is 0 Å². The third-order valence-corrected chi connectivity index (χ3v) is 5.07. The molecule has 3 nitrogen and oxygen atoms in total. The molecular weight excluding hydrogens is 359 g/mol. The van der Waals surface area contributed by atoms with Gasteiger partial charge in [-0.05, 0) is 40.6 Å². The third kappa shape index (κ3) is 2.83. The largest absolute Gasteiger partial charge is 0.358 e. The average Bonchev–Trinajstić information content (AvgIpc) is 2.74. The summed E-state index contributed by atoms with van der Waals surface area (Å²) in [6, 6.07) is 3.21. The zero-order valence-corrected chi connectivity index (χ0v) is 14.3. The summed E-state index contributed by atoms with van der Waals surface area (Å²) in [7, 11) is 0. The Kier molecular flexibility index (Phi) is 4.26. The van der Waals surface area contributed by atoms with Gasteiger partial charge in [-0.3, -0.25) is 0 Å². The van der Waals surface area contributed by atoms with Crippen molar-refractivity contribution in [1.82, 2.24) is 9.55 Å². The maximum atomic E-state index is 13.8. The van der Waals surface area contributed by atoms with Gasteiger partial charge in [-0.1, -0.05) is 25.4 Å². The molecule has 0 aliphatic carbocycles. The summed E-state index contributed by atoms with van der Waals surface area (Å²) in [6.07, 6.45) is 1.79. The highest BCUT2D eigenvalue weighted by Crippen LogP contribution is 2.37. The molecule has 6 heteroatoms. The molecule has 114 valence electrons. The van der Waals surface area contributed by atoms with Gasteiger partial charge in [-0.25, -0.2) is 9.37 Å². The van der Waals surface area contributed by atoms with Crippen molar-refractivity contribution < 1.29 is 9.13 Å². The molecule has 0 amide bonds. The molecule has 0 saturated carbocycles. The minimum Gasteiger partial charge on any atom is -0.358 e.